The summed E-state index contributed by atoms with van der Waals surface area (Å²) >= 11 is 0. The lowest BCUT2D eigenvalue weighted by Crippen LogP contribution is -2.71. The molecule has 114 heavy (non-hydrogen) atoms. The molecule has 8 saturated heterocycles. The Bertz CT molecular complexity index is 3060. The van der Waals surface area contributed by atoms with Gasteiger partial charge in [0.15, 0.2) is 50.3 Å². The van der Waals surface area contributed by atoms with E-state index in [0.717, 1.165) is 34.6 Å². The van der Waals surface area contributed by atoms with Crippen LogP contribution in [0.1, 0.15) is 41.5 Å². The number of aliphatic hydroxyl groups excluding tert-OH is 23. The second kappa shape index (κ2) is 42.1. The molecule has 0 radical (unpaired) electrons. The molecular formula is C64H107N5O45. The van der Waals surface area contributed by atoms with Gasteiger partial charge in [-0.3, -0.25) is 24.0 Å². The fraction of sp³-hybridized carbons (Fsp3) is 0.906. The van der Waals surface area contributed by atoms with E-state index in [2.05, 4.69) is 26.6 Å². The van der Waals surface area contributed by atoms with E-state index >= 15 is 0 Å². The number of aldehydes is 1. The molecule has 0 unspecified atom stereocenters. The topological polar surface area (TPSA) is 776 Å². The van der Waals surface area contributed by atoms with E-state index in [1.807, 2.05) is 0 Å². The van der Waals surface area contributed by atoms with Crippen molar-refractivity contribution < 1.29 is 222 Å². The first-order valence-corrected chi connectivity index (χ1v) is 36.2. The maximum atomic E-state index is 13.3. The Morgan fingerprint density at radius 3 is 1.11 bits per heavy atom. The quantitative estimate of drug-likeness (QED) is 0.0271. The summed E-state index contributed by atoms with van der Waals surface area (Å²) in [6.45, 7) is -3.44. The summed E-state index contributed by atoms with van der Waals surface area (Å²) in [5, 5.41) is 270. The minimum Gasteiger partial charge on any atom is -0.394 e. The normalized spacial score (nSPS) is 45.2. The van der Waals surface area contributed by atoms with Crippen molar-refractivity contribution in [1.82, 2.24) is 26.6 Å². The van der Waals surface area contributed by atoms with E-state index in [-0.39, 0.29) is 6.29 Å². The molecule has 8 aliphatic heterocycles. The SMILES string of the molecule is CC(=O)N[C@H]1[C@H](O[C@@H]([C@H](O)[C@H](C=O)NC(C)=O)[C@H](O)CO[C@@H]2O[C@@H](C)[C@@H](O)[C@@H](O)[C@@H]2O)O[C@H](CO)[C@@H](O[C@@H]2O[C@H](CO[C@H]3O[C@H](CO)[C@@H](O)[C@H](O)[C@@H]3O[C@@H]3O[C@H](CO)[C@@H](O)[C@H](O)[C@H]3NC(C)=O)[C@@H](O[C@@H]3O[C@H](CO)[C@@H](O)[C@H](O)[C@H]3NC(C)=O)[C@H](O[C@H]3O[C@H](CO)[C@@H](O)[C@H](O)[C@@H]3O[C@@H]3O[C@H](CO)[C@@H](O)[C@H](O)[C@H]3NC(C)=O)[C@@H]2O)[C@@H]1O. The lowest BCUT2D eigenvalue weighted by Gasteiger charge is -2.52. The maximum absolute atomic E-state index is 13.3. The summed E-state index contributed by atoms with van der Waals surface area (Å²) < 4.78 is 97.0. The monoisotopic (exact) mass is 1670 g/mol. The third-order valence-corrected chi connectivity index (χ3v) is 20.3. The second-order valence-corrected chi connectivity index (χ2v) is 28.6. The largest absolute Gasteiger partial charge is 0.394 e. The summed E-state index contributed by atoms with van der Waals surface area (Å²) in [6.07, 6.45) is -83.9. The first-order chi connectivity index (χ1) is 53.8. The second-order valence-electron chi connectivity index (χ2n) is 28.6. The van der Waals surface area contributed by atoms with E-state index in [9.17, 15) is 146 Å². The maximum Gasteiger partial charge on any atom is 0.217 e. The average Bonchev–Trinajstić information content (AvgIpc) is 0.760. The van der Waals surface area contributed by atoms with E-state index < -0.39 is 352 Å². The molecule has 0 bridgehead atoms. The number of ether oxygens (including phenoxy) is 16. The van der Waals surface area contributed by atoms with Crippen LogP contribution in [0.15, 0.2) is 0 Å². The van der Waals surface area contributed by atoms with Gasteiger partial charge in [-0.15, -0.1) is 0 Å². The van der Waals surface area contributed by atoms with Crippen molar-refractivity contribution in [3.63, 3.8) is 0 Å². The highest BCUT2D eigenvalue weighted by atomic mass is 16.8. The van der Waals surface area contributed by atoms with Crippen molar-refractivity contribution >= 4 is 35.8 Å². The molecule has 8 heterocycles. The molecule has 44 atom stereocenters. The highest BCUT2D eigenvalue weighted by Crippen LogP contribution is 2.40. The van der Waals surface area contributed by atoms with Crippen LogP contribution < -0.4 is 26.6 Å². The zero-order valence-electron chi connectivity index (χ0n) is 61.9. The van der Waals surface area contributed by atoms with Crippen LogP contribution in [0.25, 0.3) is 0 Å². The number of carbonyl (C=O) groups is 6. The highest BCUT2D eigenvalue weighted by molar-refractivity contribution is 5.77. The molecule has 28 N–H and O–H groups in total. The van der Waals surface area contributed by atoms with Crippen molar-refractivity contribution in [2.45, 2.75) is 311 Å². The van der Waals surface area contributed by atoms with E-state index in [0.29, 0.717) is 0 Å². The minimum atomic E-state index is -2.73. The minimum absolute atomic E-state index is 0.00410. The van der Waals surface area contributed by atoms with Crippen LogP contribution in [0.4, 0.5) is 0 Å². The van der Waals surface area contributed by atoms with Crippen LogP contribution in [0.5, 0.6) is 0 Å². The molecule has 658 valence electrons. The summed E-state index contributed by atoms with van der Waals surface area (Å²) in [7, 11) is 0. The van der Waals surface area contributed by atoms with Crippen molar-refractivity contribution in [3.8, 4) is 0 Å². The van der Waals surface area contributed by atoms with Gasteiger partial charge in [-0.2, -0.15) is 0 Å². The number of rotatable bonds is 33. The summed E-state index contributed by atoms with van der Waals surface area (Å²) in [5.41, 5.74) is 0. The van der Waals surface area contributed by atoms with Gasteiger partial charge < -0.3 is 225 Å². The number of hydrogen-bond donors (Lipinski definition) is 28. The fourth-order valence-electron chi connectivity index (χ4n) is 14.2. The van der Waals surface area contributed by atoms with Crippen molar-refractivity contribution in [2.24, 2.45) is 0 Å². The fourth-order valence-corrected chi connectivity index (χ4v) is 14.2. The third kappa shape index (κ3) is 22.0. The predicted molar refractivity (Wildman–Crippen MR) is 355 cm³/mol. The van der Waals surface area contributed by atoms with E-state index in [4.69, 9.17) is 75.8 Å². The first-order valence-electron chi connectivity index (χ1n) is 36.2. The Labute approximate surface area is 646 Å². The molecule has 0 saturated carbocycles. The van der Waals surface area contributed by atoms with Gasteiger partial charge in [-0.1, -0.05) is 0 Å². The Hall–Kier alpha value is -4.54. The number of aliphatic hydroxyl groups is 23. The molecular weight excluding hydrogens is 1560 g/mol. The molecule has 5 amide bonds. The molecule has 0 spiro atoms. The molecule has 0 aliphatic carbocycles. The molecule has 50 nitrogen and oxygen atoms in total. The molecule has 0 aromatic carbocycles. The highest BCUT2D eigenvalue weighted by Gasteiger charge is 2.61. The van der Waals surface area contributed by atoms with E-state index in [1.165, 1.54) is 6.92 Å². The number of hydrogen-bond acceptors (Lipinski definition) is 45. The van der Waals surface area contributed by atoms with Crippen LogP contribution in [0, 0.1) is 0 Å². The number of nitrogens with one attached hydrogen (secondary N) is 5. The van der Waals surface area contributed by atoms with Crippen molar-refractivity contribution in [3.05, 3.63) is 0 Å². The molecule has 50 heteroatoms. The Morgan fingerprint density at radius 2 is 0.702 bits per heavy atom. The first kappa shape index (κ1) is 94.9. The van der Waals surface area contributed by atoms with Gasteiger partial charge in [0, 0.05) is 34.6 Å². The van der Waals surface area contributed by atoms with Crippen LogP contribution >= 0.6 is 0 Å². The van der Waals surface area contributed by atoms with Crippen LogP contribution in [0.3, 0.4) is 0 Å². The zero-order chi connectivity index (χ0) is 84.5. The number of carbonyl (C=O) groups excluding carboxylic acids is 6. The van der Waals surface area contributed by atoms with Gasteiger partial charge in [-0.05, 0) is 6.92 Å². The summed E-state index contributed by atoms with van der Waals surface area (Å²) in [5.74, 6) is -4.78. The van der Waals surface area contributed by atoms with Crippen molar-refractivity contribution in [1.29, 1.82) is 0 Å². The zero-order valence-corrected chi connectivity index (χ0v) is 61.9. The molecule has 8 fully saturated rings. The van der Waals surface area contributed by atoms with Crippen LogP contribution in [0.2, 0.25) is 0 Å². The van der Waals surface area contributed by atoms with Gasteiger partial charge in [0.25, 0.3) is 0 Å². The molecule has 8 aliphatic rings. The summed E-state index contributed by atoms with van der Waals surface area (Å²) in [6, 6.07) is -9.80. The van der Waals surface area contributed by atoms with Gasteiger partial charge in [-0.25, -0.2) is 0 Å². The van der Waals surface area contributed by atoms with Gasteiger partial charge in [0.2, 0.25) is 29.5 Å². The predicted octanol–water partition coefficient (Wildman–Crippen LogP) is -19.0. The van der Waals surface area contributed by atoms with Gasteiger partial charge >= 0.3 is 0 Å². The lowest BCUT2D eigenvalue weighted by molar-refractivity contribution is -0.407. The number of amides is 5. The Kier molecular flexibility index (Phi) is 35.1. The molecule has 0 aromatic heterocycles. The van der Waals surface area contributed by atoms with Crippen LogP contribution in [-0.2, 0) is 105 Å². The smallest absolute Gasteiger partial charge is 0.217 e. The molecule has 0 aromatic rings. The van der Waals surface area contributed by atoms with Gasteiger partial charge in [0.1, 0.15) is 220 Å². The molecule has 8 rings (SSSR count). The lowest BCUT2D eigenvalue weighted by atomic mass is 9.93. The van der Waals surface area contributed by atoms with Gasteiger partial charge in [0.05, 0.1) is 59.0 Å². The standard InChI is InChI=1S/C64H107N5O45/c1-16-35(83)46(94)49(97)61(101-16)99-14-23(82)51(36(84)22(7-70)65-17(2)77)109-60-34(69-21(6)81)45(93)52(29(13-76)107-60)110-62-50(98)54(112-64-56(48(96)41(89)28(12-75)106-64)114-59-33(68-20(5)80)44(92)39(87)26(10-73)104-59)53(111-57-31(66-18(3)78)42(90)37(85)24(8-71)102-57)30(108-62)15-100-63-55(47(95)40(88)27(11-74)105-63)113-58-32(67-19(4)79)43(91)38(86)25(9-72)103-58/h7,16,22-64,71-76,82-98H,8-15H2,1-6H3,(H,65,77)(H,66,78)(H,67,79)(H,68,80)(H,69,81)/t16-,22-,23+,24+,25+,26+,27+,28+,29+,30+,31+,32+,33+,34+,35+,36+,37+,38+,39+,40+,41+,42+,43+,44+,45+,46+,47-,48-,49-,50-,51+,52+,53+,54+,55-,56-,57-,58-,59-,60-,61+,62-,63-,64+/m0/s1. The van der Waals surface area contributed by atoms with Crippen molar-refractivity contribution in [2.75, 3.05) is 52.9 Å². The Morgan fingerprint density at radius 1 is 0.342 bits per heavy atom. The average molecular weight is 1670 g/mol. The summed E-state index contributed by atoms with van der Waals surface area (Å²) in [4.78, 5) is 76.5. The van der Waals surface area contributed by atoms with Crippen LogP contribution in [-0.4, -0.2) is 476 Å². The third-order valence-electron chi connectivity index (χ3n) is 20.3. The van der Waals surface area contributed by atoms with E-state index in [1.54, 1.807) is 0 Å². The Balaban J connectivity index is 1.27.